The predicted molar refractivity (Wildman–Crippen MR) is 41.5 cm³/mol. The van der Waals surface area contributed by atoms with Gasteiger partial charge in [0.1, 0.15) is 0 Å². The Morgan fingerprint density at radius 3 is 2.33 bits per heavy atom. The number of imidazole rings is 1. The number of nitrogens with zero attached hydrogens (tertiary/aromatic N) is 2. The molecule has 8 heteroatoms. The van der Waals surface area contributed by atoms with Crippen LogP contribution in [0.1, 0.15) is 23.2 Å². The first kappa shape index (κ1) is 11.3. The van der Waals surface area contributed by atoms with E-state index in [0.717, 1.165) is 0 Å². The van der Waals surface area contributed by atoms with Crippen LogP contribution in [0.3, 0.4) is 0 Å². The normalized spacial score (nSPS) is 11.7. The summed E-state index contributed by atoms with van der Waals surface area (Å²) in [7, 11) is 0. The summed E-state index contributed by atoms with van der Waals surface area (Å²) in [5.74, 6) is -3.63. The molecule has 0 radical (unpaired) electrons. The number of alkyl halides is 3. The molecule has 0 spiro atoms. The third kappa shape index (κ3) is 1.88. The molecule has 0 aliphatic carbocycles. The zero-order valence-electron chi connectivity index (χ0n) is 7.54. The fraction of sp³-hybridized carbons (Fsp3) is 0.429. The molecule has 0 fully saturated rings. The molecule has 1 aromatic rings. The Hall–Kier alpha value is -1.73. The number of aromatic nitrogens is 2. The summed E-state index contributed by atoms with van der Waals surface area (Å²) in [5.41, 5.74) is -1.58. The molecule has 2 N–H and O–H groups in total. The summed E-state index contributed by atoms with van der Waals surface area (Å²) in [5, 5.41) is 17.6. The number of carbonyl (C=O) groups is 1. The van der Waals surface area contributed by atoms with Crippen molar-refractivity contribution >= 4 is 5.97 Å². The summed E-state index contributed by atoms with van der Waals surface area (Å²) in [6.07, 6.45) is -4.87. The van der Waals surface area contributed by atoms with Gasteiger partial charge in [0.15, 0.2) is 0 Å². The number of aromatic hydroxyl groups is 1. The van der Waals surface area contributed by atoms with Crippen LogP contribution in [-0.4, -0.2) is 25.7 Å². The SMILES string of the molecule is CCn1c(C(=O)O)nc(C(F)(F)F)c1O. The molecule has 5 nitrogen and oxygen atoms in total. The zero-order valence-corrected chi connectivity index (χ0v) is 7.54. The summed E-state index contributed by atoms with van der Waals surface area (Å²) >= 11 is 0. The third-order valence-electron chi connectivity index (χ3n) is 1.72. The number of carboxylic acid groups (broad SMARTS) is 1. The van der Waals surface area contributed by atoms with Gasteiger partial charge in [0.05, 0.1) is 0 Å². The largest absolute Gasteiger partial charge is 0.493 e. The van der Waals surface area contributed by atoms with E-state index < -0.39 is 29.5 Å². The van der Waals surface area contributed by atoms with E-state index in [1.807, 2.05) is 0 Å². The predicted octanol–water partition coefficient (Wildman–Crippen LogP) is 1.33. The Kier molecular flexibility index (Phi) is 2.61. The van der Waals surface area contributed by atoms with Crippen molar-refractivity contribution in [2.75, 3.05) is 0 Å². The van der Waals surface area contributed by atoms with Gasteiger partial charge in [-0.1, -0.05) is 0 Å². The first-order valence-corrected chi connectivity index (χ1v) is 3.89. The topological polar surface area (TPSA) is 75.4 Å². The van der Waals surface area contributed by atoms with Crippen LogP contribution in [0.4, 0.5) is 13.2 Å². The van der Waals surface area contributed by atoms with Crippen LogP contribution in [0.2, 0.25) is 0 Å². The number of hydrogen-bond donors (Lipinski definition) is 2. The highest BCUT2D eigenvalue weighted by Crippen LogP contribution is 2.35. The van der Waals surface area contributed by atoms with Crippen molar-refractivity contribution in [3.8, 4) is 5.88 Å². The monoisotopic (exact) mass is 224 g/mol. The fourth-order valence-electron chi connectivity index (χ4n) is 1.10. The second-order valence-electron chi connectivity index (χ2n) is 2.65. The first-order chi connectivity index (χ1) is 6.79. The fourth-order valence-corrected chi connectivity index (χ4v) is 1.10. The van der Waals surface area contributed by atoms with Gasteiger partial charge in [-0.25, -0.2) is 9.78 Å². The molecule has 15 heavy (non-hydrogen) atoms. The maximum atomic E-state index is 12.2. The van der Waals surface area contributed by atoms with Crippen LogP contribution in [0, 0.1) is 0 Å². The highest BCUT2D eigenvalue weighted by molar-refractivity contribution is 5.84. The van der Waals surface area contributed by atoms with Gasteiger partial charge in [0, 0.05) is 6.54 Å². The van der Waals surface area contributed by atoms with E-state index in [1.165, 1.54) is 6.92 Å². The van der Waals surface area contributed by atoms with Crippen LogP contribution < -0.4 is 0 Å². The molecule has 1 rings (SSSR count). The van der Waals surface area contributed by atoms with E-state index in [0.29, 0.717) is 4.57 Å². The standard InChI is InChI=1S/C7H7F3N2O3/c1-2-12-4(6(14)15)11-3(5(12)13)7(8,9)10/h13H,2H2,1H3,(H,14,15). The summed E-state index contributed by atoms with van der Waals surface area (Å²) in [4.78, 5) is 13.4. The van der Waals surface area contributed by atoms with E-state index >= 15 is 0 Å². The van der Waals surface area contributed by atoms with Crippen LogP contribution in [0.25, 0.3) is 0 Å². The lowest BCUT2D eigenvalue weighted by Crippen LogP contribution is -2.08. The van der Waals surface area contributed by atoms with Crippen molar-refractivity contribution in [2.24, 2.45) is 0 Å². The van der Waals surface area contributed by atoms with Crippen molar-refractivity contribution in [1.82, 2.24) is 9.55 Å². The van der Waals surface area contributed by atoms with Crippen molar-refractivity contribution in [2.45, 2.75) is 19.6 Å². The number of halogens is 3. The molecule has 0 unspecified atom stereocenters. The summed E-state index contributed by atoms with van der Waals surface area (Å²) in [6, 6.07) is 0. The maximum absolute atomic E-state index is 12.2. The number of rotatable bonds is 2. The van der Waals surface area contributed by atoms with E-state index in [9.17, 15) is 18.0 Å². The van der Waals surface area contributed by atoms with E-state index in [2.05, 4.69) is 4.98 Å². The van der Waals surface area contributed by atoms with Crippen LogP contribution in [0.5, 0.6) is 5.88 Å². The van der Waals surface area contributed by atoms with E-state index in [1.54, 1.807) is 0 Å². The number of carboxylic acids is 1. The Balaban J connectivity index is 3.40. The molecule has 0 atom stereocenters. The Bertz CT molecular complexity index is 397. The third-order valence-corrected chi connectivity index (χ3v) is 1.72. The van der Waals surface area contributed by atoms with Crippen LogP contribution in [0.15, 0.2) is 0 Å². The molecule has 84 valence electrons. The van der Waals surface area contributed by atoms with Gasteiger partial charge >= 0.3 is 12.1 Å². The van der Waals surface area contributed by atoms with Gasteiger partial charge in [-0.05, 0) is 6.92 Å². The minimum Gasteiger partial charge on any atom is -0.493 e. The van der Waals surface area contributed by atoms with Crippen LogP contribution >= 0.6 is 0 Å². The lowest BCUT2D eigenvalue weighted by Gasteiger charge is -2.03. The maximum Gasteiger partial charge on any atom is 0.438 e. The van der Waals surface area contributed by atoms with Gasteiger partial charge in [-0.15, -0.1) is 0 Å². The average molecular weight is 224 g/mol. The van der Waals surface area contributed by atoms with Gasteiger partial charge in [0.25, 0.3) is 0 Å². The molecule has 0 saturated carbocycles. The minimum atomic E-state index is -4.87. The molecule has 0 amide bonds. The highest BCUT2D eigenvalue weighted by atomic mass is 19.4. The number of hydrogen-bond acceptors (Lipinski definition) is 3. The summed E-state index contributed by atoms with van der Waals surface area (Å²) < 4.78 is 37.2. The molecule has 0 aliphatic rings. The average Bonchev–Trinajstić information content (AvgIpc) is 2.41. The molecule has 1 heterocycles. The lowest BCUT2D eigenvalue weighted by atomic mass is 10.4. The molecule has 0 bridgehead atoms. The Morgan fingerprint density at radius 1 is 1.53 bits per heavy atom. The molecule has 0 aromatic carbocycles. The van der Waals surface area contributed by atoms with Crippen LogP contribution in [-0.2, 0) is 12.7 Å². The second kappa shape index (κ2) is 3.44. The molecule has 0 aliphatic heterocycles. The van der Waals surface area contributed by atoms with Crippen molar-refractivity contribution in [3.05, 3.63) is 11.5 Å². The minimum absolute atomic E-state index is 0.115. The van der Waals surface area contributed by atoms with E-state index in [-0.39, 0.29) is 6.54 Å². The Morgan fingerprint density at radius 2 is 2.07 bits per heavy atom. The van der Waals surface area contributed by atoms with Gasteiger partial charge < -0.3 is 10.2 Å². The van der Waals surface area contributed by atoms with Crippen molar-refractivity contribution in [3.63, 3.8) is 0 Å². The molecular weight excluding hydrogens is 217 g/mol. The van der Waals surface area contributed by atoms with Gasteiger partial charge in [-0.3, -0.25) is 4.57 Å². The molecular formula is C7H7F3N2O3. The number of aromatic carboxylic acids is 1. The molecule has 1 aromatic heterocycles. The van der Waals surface area contributed by atoms with Gasteiger partial charge in [-0.2, -0.15) is 13.2 Å². The summed E-state index contributed by atoms with van der Waals surface area (Å²) in [6.45, 7) is 1.28. The van der Waals surface area contributed by atoms with E-state index in [4.69, 9.17) is 10.2 Å². The highest BCUT2D eigenvalue weighted by Gasteiger charge is 2.40. The van der Waals surface area contributed by atoms with Crippen molar-refractivity contribution < 1.29 is 28.2 Å². The lowest BCUT2D eigenvalue weighted by molar-refractivity contribution is -0.142. The molecule has 0 saturated heterocycles. The smallest absolute Gasteiger partial charge is 0.438 e. The Labute approximate surface area is 81.8 Å². The second-order valence-corrected chi connectivity index (χ2v) is 2.65. The van der Waals surface area contributed by atoms with Gasteiger partial charge in [0.2, 0.25) is 17.4 Å². The first-order valence-electron chi connectivity index (χ1n) is 3.89. The van der Waals surface area contributed by atoms with Crippen molar-refractivity contribution in [1.29, 1.82) is 0 Å². The quantitative estimate of drug-likeness (QED) is 0.794. The zero-order chi connectivity index (χ0) is 11.8.